The molecule has 266 valence electrons. The molecule has 3 heteroatoms. The first-order valence-corrected chi connectivity index (χ1v) is 20.2. The third kappa shape index (κ3) is 5.46. The molecule has 0 saturated heterocycles. The fourth-order valence-electron chi connectivity index (χ4n) is 8.68. The van der Waals surface area contributed by atoms with E-state index in [1.807, 2.05) is 17.4 Å². The second-order valence-electron chi connectivity index (χ2n) is 14.9. The van der Waals surface area contributed by atoms with Crippen LogP contribution in [0.2, 0.25) is 0 Å². The van der Waals surface area contributed by atoms with Gasteiger partial charge in [-0.2, -0.15) is 0 Å². The number of rotatable bonds is 6. The number of anilines is 3. The molecule has 1 unspecified atom stereocenters. The fourth-order valence-corrected chi connectivity index (χ4v) is 10.1. The van der Waals surface area contributed by atoms with E-state index >= 15 is 0 Å². The van der Waals surface area contributed by atoms with Crippen molar-refractivity contribution in [3.63, 3.8) is 0 Å². The molecule has 0 amide bonds. The van der Waals surface area contributed by atoms with Crippen LogP contribution in [0.4, 0.5) is 17.1 Å². The number of hydrogen-bond donors (Lipinski definition) is 0. The lowest BCUT2D eigenvalue weighted by molar-refractivity contribution is 0.669. The molecular weight excluding hydrogens is 699 g/mol. The minimum Gasteiger partial charge on any atom is -0.456 e. The van der Waals surface area contributed by atoms with Crippen LogP contribution in [0.15, 0.2) is 186 Å². The van der Waals surface area contributed by atoms with Crippen molar-refractivity contribution in [3.05, 3.63) is 192 Å². The molecule has 10 aromatic rings. The number of benzene rings is 8. The second kappa shape index (κ2) is 13.3. The van der Waals surface area contributed by atoms with Gasteiger partial charge in [-0.05, 0) is 111 Å². The molecule has 1 atom stereocenters. The molecule has 1 aliphatic carbocycles. The monoisotopic (exact) mass is 735 g/mol. The van der Waals surface area contributed by atoms with Gasteiger partial charge in [0.05, 0.1) is 0 Å². The van der Waals surface area contributed by atoms with Crippen molar-refractivity contribution in [1.29, 1.82) is 0 Å². The van der Waals surface area contributed by atoms with Crippen molar-refractivity contribution >= 4 is 77.3 Å². The first kappa shape index (κ1) is 32.7. The summed E-state index contributed by atoms with van der Waals surface area (Å²) < 4.78 is 7.84. The number of fused-ring (bicyclic) bond motifs is 7. The van der Waals surface area contributed by atoms with Gasteiger partial charge in [-0.3, -0.25) is 0 Å². The van der Waals surface area contributed by atoms with E-state index in [0.29, 0.717) is 5.92 Å². The lowest BCUT2D eigenvalue weighted by Crippen LogP contribution is -2.10. The highest BCUT2D eigenvalue weighted by Crippen LogP contribution is 2.47. The molecule has 0 N–H and O–H groups in total. The number of thiophene rings is 1. The zero-order chi connectivity index (χ0) is 37.2. The van der Waals surface area contributed by atoms with Gasteiger partial charge in [-0.15, -0.1) is 11.3 Å². The lowest BCUT2D eigenvalue weighted by atomic mass is 9.92. The summed E-state index contributed by atoms with van der Waals surface area (Å²) in [6.45, 7) is 2.36. The van der Waals surface area contributed by atoms with Crippen molar-refractivity contribution in [3.8, 4) is 33.4 Å². The average Bonchev–Trinajstić information content (AvgIpc) is 3.83. The Morgan fingerprint density at radius 2 is 1.16 bits per heavy atom. The summed E-state index contributed by atoms with van der Waals surface area (Å²) >= 11 is 1.97. The zero-order valence-electron chi connectivity index (χ0n) is 30.9. The molecule has 2 aromatic heterocycles. The van der Waals surface area contributed by atoms with Crippen LogP contribution in [0.25, 0.3) is 82.3 Å². The molecule has 1 aliphatic rings. The number of nitrogens with zero attached hydrogens (tertiary/aromatic N) is 1. The predicted octanol–water partition coefficient (Wildman–Crippen LogP) is 15.9. The number of allylic oxidation sites excluding steroid dienone is 1. The van der Waals surface area contributed by atoms with Crippen LogP contribution in [0.3, 0.4) is 0 Å². The number of hydrogen-bond acceptors (Lipinski definition) is 3. The minimum atomic E-state index is 0.514. The van der Waals surface area contributed by atoms with Crippen LogP contribution in [0.5, 0.6) is 0 Å². The van der Waals surface area contributed by atoms with E-state index in [0.717, 1.165) is 45.4 Å². The van der Waals surface area contributed by atoms with Crippen LogP contribution >= 0.6 is 11.3 Å². The predicted molar refractivity (Wildman–Crippen MR) is 240 cm³/mol. The zero-order valence-corrected chi connectivity index (χ0v) is 31.8. The number of para-hydroxylation sites is 1. The quantitative estimate of drug-likeness (QED) is 0.169. The van der Waals surface area contributed by atoms with E-state index in [4.69, 9.17) is 4.42 Å². The smallest absolute Gasteiger partial charge is 0.137 e. The third-order valence-corrected chi connectivity index (χ3v) is 12.9. The molecule has 11 rings (SSSR count). The van der Waals surface area contributed by atoms with Crippen LogP contribution in [0, 0.1) is 0 Å². The maximum absolute atomic E-state index is 6.49. The third-order valence-electron chi connectivity index (χ3n) is 11.4. The average molecular weight is 736 g/mol. The Kier molecular flexibility index (Phi) is 7.75. The summed E-state index contributed by atoms with van der Waals surface area (Å²) in [7, 11) is 0. The molecule has 0 saturated carbocycles. The Bertz CT molecular complexity index is 3130. The van der Waals surface area contributed by atoms with Gasteiger partial charge in [-0.1, -0.05) is 140 Å². The van der Waals surface area contributed by atoms with Gasteiger partial charge in [0.1, 0.15) is 11.2 Å². The Morgan fingerprint density at radius 1 is 0.500 bits per heavy atom. The van der Waals surface area contributed by atoms with Gasteiger partial charge in [0.15, 0.2) is 0 Å². The van der Waals surface area contributed by atoms with E-state index < -0.39 is 0 Å². The normalized spacial score (nSPS) is 13.8. The molecule has 2 nitrogen and oxygen atoms in total. The Hall–Kier alpha value is -6.68. The van der Waals surface area contributed by atoms with E-state index in [9.17, 15) is 0 Å². The SMILES string of the molecule is CC1CC=Cc2c1sc1c(-c3cc(-c4cccc5ccccc45)cc(N(c4ccc(-c5ccccc5)cc4)c4ccc5c(c4)oc4ccccc45)c3)cccc21. The highest BCUT2D eigenvalue weighted by Gasteiger charge is 2.23. The minimum absolute atomic E-state index is 0.514. The molecule has 0 fully saturated rings. The summed E-state index contributed by atoms with van der Waals surface area (Å²) in [5.74, 6) is 0.514. The first-order chi connectivity index (χ1) is 27.7. The maximum atomic E-state index is 6.49. The lowest BCUT2D eigenvalue weighted by Gasteiger charge is -2.27. The maximum Gasteiger partial charge on any atom is 0.137 e. The molecule has 0 radical (unpaired) electrons. The highest BCUT2D eigenvalue weighted by molar-refractivity contribution is 7.20. The molecule has 0 bridgehead atoms. The first-order valence-electron chi connectivity index (χ1n) is 19.4. The van der Waals surface area contributed by atoms with Crippen molar-refractivity contribution in [1.82, 2.24) is 0 Å². The van der Waals surface area contributed by atoms with E-state index in [1.54, 1.807) is 0 Å². The fraction of sp³-hybridized carbons (Fsp3) is 0.0566. The van der Waals surface area contributed by atoms with Gasteiger partial charge in [0.25, 0.3) is 0 Å². The largest absolute Gasteiger partial charge is 0.456 e. The van der Waals surface area contributed by atoms with Crippen LogP contribution in [-0.2, 0) is 0 Å². The second-order valence-corrected chi connectivity index (χ2v) is 16.0. The van der Waals surface area contributed by atoms with Gasteiger partial charge < -0.3 is 9.32 Å². The van der Waals surface area contributed by atoms with Gasteiger partial charge in [-0.25, -0.2) is 0 Å². The molecule has 0 spiro atoms. The molecular formula is C53H37NOS. The van der Waals surface area contributed by atoms with Crippen molar-refractivity contribution in [2.24, 2.45) is 0 Å². The molecule has 8 aromatic carbocycles. The van der Waals surface area contributed by atoms with E-state index in [-0.39, 0.29) is 0 Å². The van der Waals surface area contributed by atoms with E-state index in [2.05, 4.69) is 194 Å². The van der Waals surface area contributed by atoms with Crippen molar-refractivity contribution in [2.75, 3.05) is 4.90 Å². The summed E-state index contributed by atoms with van der Waals surface area (Å²) in [5, 5.41) is 6.05. The van der Waals surface area contributed by atoms with Crippen LogP contribution in [-0.4, -0.2) is 0 Å². The molecule has 56 heavy (non-hydrogen) atoms. The summed E-state index contributed by atoms with van der Waals surface area (Å²) in [5.41, 5.74) is 13.6. The number of furan rings is 1. The highest BCUT2D eigenvalue weighted by atomic mass is 32.1. The summed E-state index contributed by atoms with van der Waals surface area (Å²) in [4.78, 5) is 3.88. The van der Waals surface area contributed by atoms with Crippen molar-refractivity contribution < 1.29 is 4.42 Å². The van der Waals surface area contributed by atoms with Crippen LogP contribution in [0.1, 0.15) is 29.7 Å². The van der Waals surface area contributed by atoms with Gasteiger partial charge >= 0.3 is 0 Å². The van der Waals surface area contributed by atoms with Gasteiger partial charge in [0.2, 0.25) is 0 Å². The van der Waals surface area contributed by atoms with Gasteiger partial charge in [0, 0.05) is 48.9 Å². The van der Waals surface area contributed by atoms with Crippen LogP contribution < -0.4 is 4.90 Å². The Morgan fingerprint density at radius 3 is 2.04 bits per heavy atom. The standard InChI is InChI=1S/C53H37NOS/c1-34-12-9-21-48-49-22-11-20-45(53(49)56-52(34)48)39-30-38(44-19-10-16-37-15-5-6-17-43(37)44)31-42(32-39)54(40-26-24-36(25-27-40)35-13-3-2-4-14-35)41-28-29-47-46-18-7-8-23-50(46)55-51(47)33-41/h2-11,13-34H,12H2,1H3. The Labute approximate surface area is 330 Å². The Balaban J connectivity index is 1.17. The van der Waals surface area contributed by atoms with E-state index in [1.165, 1.54) is 64.7 Å². The molecule has 0 aliphatic heterocycles. The molecule has 2 heterocycles. The topological polar surface area (TPSA) is 16.4 Å². The van der Waals surface area contributed by atoms with Crippen molar-refractivity contribution in [2.45, 2.75) is 19.3 Å². The summed E-state index contributed by atoms with van der Waals surface area (Å²) in [6, 6.07) is 63.9. The summed E-state index contributed by atoms with van der Waals surface area (Å²) in [6.07, 6.45) is 5.76.